The van der Waals surface area contributed by atoms with Gasteiger partial charge in [0, 0.05) is 44.3 Å². The SMILES string of the molecule is CCCCCCCCCCCCCCCCCCN1Cc2ccc3c4ccc5c6c(ccc(c7ccc(c2c37)C1)c64)CN(c1ccnc(-c2ccccn2)c1)C5. The topological polar surface area (TPSA) is 32.3 Å². The highest BCUT2D eigenvalue weighted by atomic mass is 15.1. The number of unbranched alkanes of at least 4 members (excludes halogenated alkanes) is 15. The zero-order valence-corrected chi connectivity index (χ0v) is 33.8. The van der Waals surface area contributed by atoms with E-state index in [1.165, 1.54) is 180 Å². The molecule has 0 spiro atoms. The fraction of sp³-hybridized carbons (Fsp3) is 0.423. The van der Waals surface area contributed by atoms with E-state index in [1.807, 2.05) is 30.6 Å². The van der Waals surface area contributed by atoms with Gasteiger partial charge in [0.2, 0.25) is 0 Å². The van der Waals surface area contributed by atoms with Gasteiger partial charge < -0.3 is 4.90 Å². The van der Waals surface area contributed by atoms with Crippen molar-refractivity contribution in [3.05, 3.63) is 114 Å². The number of anilines is 1. The van der Waals surface area contributed by atoms with Crippen LogP contribution in [-0.4, -0.2) is 21.4 Å². The van der Waals surface area contributed by atoms with Gasteiger partial charge in [-0.2, -0.15) is 0 Å². The van der Waals surface area contributed by atoms with Crippen LogP contribution < -0.4 is 4.90 Å². The molecule has 4 heterocycles. The Morgan fingerprint density at radius 3 is 1.38 bits per heavy atom. The summed E-state index contributed by atoms with van der Waals surface area (Å²) in [6, 6.07) is 29.8. The minimum Gasteiger partial charge on any atom is -0.363 e. The first-order valence-electron chi connectivity index (χ1n) is 22.3. The van der Waals surface area contributed by atoms with Crippen molar-refractivity contribution in [2.24, 2.45) is 0 Å². The Bertz CT molecular complexity index is 2300. The number of rotatable bonds is 19. The molecule has 0 atom stereocenters. The molecule has 4 heteroatoms. The molecule has 5 aromatic carbocycles. The summed E-state index contributed by atoms with van der Waals surface area (Å²) in [5.41, 5.74) is 8.84. The maximum atomic E-state index is 4.65. The standard InChI is InChI=1S/C52H60N4/c1-2-3-4-5-6-7-8-9-10-11-12-13-14-15-16-19-32-55-34-38-21-25-43-45-27-23-40-36-56(42-29-31-54-48(33-42)47-20-17-18-30-53-47)37-41-24-28-46(52(45)50(40)41)44-26-22-39(35-55)49(38)51(43)44/h17-18,20-31,33H,2-16,19,32,34-37H2,1H3. The second kappa shape index (κ2) is 17.3. The first-order chi connectivity index (χ1) is 27.8. The molecule has 7 aromatic rings. The van der Waals surface area contributed by atoms with Crippen molar-refractivity contribution in [2.45, 2.75) is 136 Å². The maximum Gasteiger partial charge on any atom is 0.0906 e. The number of aromatic nitrogens is 2. The minimum atomic E-state index is 0.883. The number of nitrogens with zero attached hydrogens (tertiary/aromatic N) is 4. The molecular weight excluding hydrogens is 681 g/mol. The van der Waals surface area contributed by atoms with E-state index in [0.29, 0.717) is 0 Å². The van der Waals surface area contributed by atoms with Gasteiger partial charge in [-0.1, -0.05) is 158 Å². The number of fused-ring (bicyclic) bond motifs is 2. The van der Waals surface area contributed by atoms with Gasteiger partial charge in [-0.05, 0) is 103 Å². The predicted octanol–water partition coefficient (Wildman–Crippen LogP) is 14.3. The van der Waals surface area contributed by atoms with Crippen LogP contribution in [0.25, 0.3) is 54.5 Å². The van der Waals surface area contributed by atoms with Gasteiger partial charge in [0.05, 0.1) is 11.4 Å². The quantitative estimate of drug-likeness (QED) is 0.0469. The highest BCUT2D eigenvalue weighted by molar-refractivity contribution is 6.34. The molecule has 0 radical (unpaired) electrons. The van der Waals surface area contributed by atoms with Crippen molar-refractivity contribution in [2.75, 3.05) is 11.4 Å². The van der Waals surface area contributed by atoms with Crippen LogP contribution in [0.1, 0.15) is 132 Å². The molecule has 0 bridgehead atoms. The first-order valence-corrected chi connectivity index (χ1v) is 22.3. The van der Waals surface area contributed by atoms with Crippen LogP contribution in [-0.2, 0) is 26.2 Å². The van der Waals surface area contributed by atoms with Gasteiger partial charge in [-0.3, -0.25) is 14.9 Å². The van der Waals surface area contributed by atoms with Gasteiger partial charge in [-0.25, -0.2) is 0 Å². The summed E-state index contributed by atoms with van der Waals surface area (Å²) in [5, 5.41) is 11.5. The minimum absolute atomic E-state index is 0.883. The summed E-state index contributed by atoms with van der Waals surface area (Å²) >= 11 is 0. The molecule has 0 saturated heterocycles. The summed E-state index contributed by atoms with van der Waals surface area (Å²) in [6.45, 7) is 7.41. The fourth-order valence-corrected chi connectivity index (χ4v) is 10.2. The molecule has 9 rings (SSSR count). The van der Waals surface area contributed by atoms with E-state index < -0.39 is 0 Å². The average Bonchev–Trinajstić information content (AvgIpc) is 3.24. The van der Waals surface area contributed by atoms with E-state index in [4.69, 9.17) is 0 Å². The van der Waals surface area contributed by atoms with Crippen molar-refractivity contribution in [1.29, 1.82) is 0 Å². The van der Waals surface area contributed by atoms with E-state index in [-0.39, 0.29) is 0 Å². The third-order valence-electron chi connectivity index (χ3n) is 13.1. The van der Waals surface area contributed by atoms with Crippen molar-refractivity contribution in [3.8, 4) is 11.4 Å². The summed E-state index contributed by atoms with van der Waals surface area (Å²) in [7, 11) is 0. The Kier molecular flexibility index (Phi) is 11.5. The second-order valence-electron chi connectivity index (χ2n) is 17.1. The summed E-state index contributed by atoms with van der Waals surface area (Å²) in [5.74, 6) is 0. The lowest BCUT2D eigenvalue weighted by molar-refractivity contribution is 0.246. The molecule has 0 saturated carbocycles. The molecule has 0 N–H and O–H groups in total. The molecule has 4 nitrogen and oxygen atoms in total. The molecule has 288 valence electrons. The molecule has 0 amide bonds. The number of benzene rings is 5. The Morgan fingerprint density at radius 1 is 0.429 bits per heavy atom. The van der Waals surface area contributed by atoms with E-state index in [1.54, 1.807) is 0 Å². The summed E-state index contributed by atoms with van der Waals surface area (Å²) in [6.07, 6.45) is 26.5. The van der Waals surface area contributed by atoms with Crippen LogP contribution in [0.2, 0.25) is 0 Å². The molecule has 2 aromatic heterocycles. The van der Waals surface area contributed by atoms with Gasteiger partial charge >= 0.3 is 0 Å². The highest BCUT2D eigenvalue weighted by Gasteiger charge is 2.26. The lowest BCUT2D eigenvalue weighted by Crippen LogP contribution is -2.27. The highest BCUT2D eigenvalue weighted by Crippen LogP contribution is 2.46. The smallest absolute Gasteiger partial charge is 0.0906 e. The molecule has 2 aliphatic heterocycles. The lowest BCUT2D eigenvalue weighted by atomic mass is 9.82. The molecule has 2 aliphatic rings. The fourth-order valence-electron chi connectivity index (χ4n) is 10.2. The van der Waals surface area contributed by atoms with Gasteiger partial charge in [0.25, 0.3) is 0 Å². The zero-order valence-electron chi connectivity index (χ0n) is 33.8. The summed E-state index contributed by atoms with van der Waals surface area (Å²) in [4.78, 5) is 14.4. The Hall–Kier alpha value is -4.54. The monoisotopic (exact) mass is 740 g/mol. The summed E-state index contributed by atoms with van der Waals surface area (Å²) < 4.78 is 0. The normalized spacial score (nSPS) is 14.3. The van der Waals surface area contributed by atoms with Crippen LogP contribution in [0.3, 0.4) is 0 Å². The van der Waals surface area contributed by atoms with E-state index in [2.05, 4.69) is 87.4 Å². The Balaban J connectivity index is 0.828. The number of hydrogen-bond acceptors (Lipinski definition) is 4. The van der Waals surface area contributed by atoms with E-state index in [0.717, 1.165) is 37.6 Å². The predicted molar refractivity (Wildman–Crippen MR) is 239 cm³/mol. The maximum absolute atomic E-state index is 4.65. The number of hydrogen-bond donors (Lipinski definition) is 0. The van der Waals surface area contributed by atoms with Crippen LogP contribution in [0.4, 0.5) is 5.69 Å². The largest absolute Gasteiger partial charge is 0.363 e. The second-order valence-corrected chi connectivity index (χ2v) is 17.1. The Labute approximate surface area is 334 Å². The van der Waals surface area contributed by atoms with Crippen LogP contribution in [0, 0.1) is 0 Å². The van der Waals surface area contributed by atoms with Crippen molar-refractivity contribution in [3.63, 3.8) is 0 Å². The van der Waals surface area contributed by atoms with Crippen molar-refractivity contribution in [1.82, 2.24) is 14.9 Å². The lowest BCUT2D eigenvalue weighted by Gasteiger charge is -2.33. The van der Waals surface area contributed by atoms with Crippen molar-refractivity contribution >= 4 is 48.8 Å². The molecular formula is C52H60N4. The van der Waals surface area contributed by atoms with Gasteiger partial charge in [-0.15, -0.1) is 0 Å². The van der Waals surface area contributed by atoms with Crippen molar-refractivity contribution < 1.29 is 0 Å². The molecule has 56 heavy (non-hydrogen) atoms. The van der Waals surface area contributed by atoms with Gasteiger partial charge in [0.1, 0.15) is 0 Å². The average molecular weight is 741 g/mol. The van der Waals surface area contributed by atoms with Crippen LogP contribution in [0.5, 0.6) is 0 Å². The van der Waals surface area contributed by atoms with Crippen LogP contribution >= 0.6 is 0 Å². The third kappa shape index (κ3) is 7.62. The van der Waals surface area contributed by atoms with Crippen LogP contribution in [0.15, 0.2) is 91.3 Å². The Morgan fingerprint density at radius 2 is 0.893 bits per heavy atom. The third-order valence-corrected chi connectivity index (χ3v) is 13.1. The molecule has 0 unspecified atom stereocenters. The van der Waals surface area contributed by atoms with E-state index in [9.17, 15) is 0 Å². The zero-order chi connectivity index (χ0) is 37.7. The molecule has 0 fully saturated rings. The van der Waals surface area contributed by atoms with E-state index >= 15 is 0 Å². The first kappa shape index (κ1) is 37.1. The molecule has 0 aliphatic carbocycles. The van der Waals surface area contributed by atoms with Gasteiger partial charge in [0.15, 0.2) is 0 Å². The number of pyridine rings is 2.